The molecule has 1 amide bonds. The number of halogens is 2. The minimum atomic E-state index is -0.152. The predicted octanol–water partition coefficient (Wildman–Crippen LogP) is 4.48. The molecule has 5 nitrogen and oxygen atoms in total. The summed E-state index contributed by atoms with van der Waals surface area (Å²) >= 11 is 9.42. The molecule has 27 heavy (non-hydrogen) atoms. The van der Waals surface area contributed by atoms with E-state index in [0.717, 1.165) is 21.3 Å². The molecule has 0 aliphatic rings. The number of ether oxygens (including phenoxy) is 1. The van der Waals surface area contributed by atoms with Crippen molar-refractivity contribution in [1.29, 1.82) is 0 Å². The van der Waals surface area contributed by atoms with Gasteiger partial charge in [0.15, 0.2) is 0 Å². The van der Waals surface area contributed by atoms with Gasteiger partial charge in [-0.15, -0.1) is 0 Å². The SMILES string of the molecule is COc1ccc(CCNC(=O)c2cn(C)nc2-c2ccc(Cl)cc2)cc1Br. The van der Waals surface area contributed by atoms with Crippen LogP contribution in [0, 0.1) is 0 Å². The smallest absolute Gasteiger partial charge is 0.255 e. The second-order valence-corrected chi connectivity index (χ2v) is 7.34. The van der Waals surface area contributed by atoms with E-state index in [1.54, 1.807) is 37.2 Å². The first-order chi connectivity index (χ1) is 13.0. The van der Waals surface area contributed by atoms with Crippen LogP contribution in [-0.4, -0.2) is 29.3 Å². The van der Waals surface area contributed by atoms with Crippen molar-refractivity contribution < 1.29 is 9.53 Å². The summed E-state index contributed by atoms with van der Waals surface area (Å²) in [5.41, 5.74) is 3.13. The van der Waals surface area contributed by atoms with E-state index in [4.69, 9.17) is 16.3 Å². The van der Waals surface area contributed by atoms with Crippen LogP contribution >= 0.6 is 27.5 Å². The maximum absolute atomic E-state index is 12.7. The number of hydrogen-bond acceptors (Lipinski definition) is 3. The highest BCUT2D eigenvalue weighted by Gasteiger charge is 2.17. The third kappa shape index (κ3) is 4.70. The third-order valence-corrected chi connectivity index (χ3v) is 4.98. The zero-order valence-corrected chi connectivity index (χ0v) is 17.3. The Labute approximate surface area is 171 Å². The van der Waals surface area contributed by atoms with Crippen molar-refractivity contribution >= 4 is 33.4 Å². The summed E-state index contributed by atoms with van der Waals surface area (Å²) in [4.78, 5) is 12.7. The highest BCUT2D eigenvalue weighted by Crippen LogP contribution is 2.26. The van der Waals surface area contributed by atoms with Crippen LogP contribution in [0.2, 0.25) is 5.02 Å². The highest BCUT2D eigenvalue weighted by molar-refractivity contribution is 9.10. The van der Waals surface area contributed by atoms with Crippen LogP contribution < -0.4 is 10.1 Å². The summed E-state index contributed by atoms with van der Waals surface area (Å²) < 4.78 is 7.76. The van der Waals surface area contributed by atoms with Gasteiger partial charge in [0, 0.05) is 30.4 Å². The van der Waals surface area contributed by atoms with Gasteiger partial charge in [-0.2, -0.15) is 5.10 Å². The molecule has 3 aromatic rings. The van der Waals surface area contributed by atoms with Gasteiger partial charge in [0.25, 0.3) is 5.91 Å². The molecule has 0 aliphatic heterocycles. The van der Waals surface area contributed by atoms with Gasteiger partial charge in [0.1, 0.15) is 11.4 Å². The Kier molecular flexibility index (Phi) is 6.19. The van der Waals surface area contributed by atoms with Gasteiger partial charge in [0.05, 0.1) is 17.1 Å². The van der Waals surface area contributed by atoms with E-state index in [-0.39, 0.29) is 5.91 Å². The number of amides is 1. The summed E-state index contributed by atoms with van der Waals surface area (Å²) in [6, 6.07) is 13.2. The number of carbonyl (C=O) groups excluding carboxylic acids is 1. The van der Waals surface area contributed by atoms with E-state index in [0.29, 0.717) is 29.2 Å². The van der Waals surface area contributed by atoms with Gasteiger partial charge in [-0.05, 0) is 52.2 Å². The summed E-state index contributed by atoms with van der Waals surface area (Å²) in [6.45, 7) is 0.520. The lowest BCUT2D eigenvalue weighted by Gasteiger charge is -2.08. The van der Waals surface area contributed by atoms with E-state index in [9.17, 15) is 4.79 Å². The van der Waals surface area contributed by atoms with Crippen molar-refractivity contribution in [3.8, 4) is 17.0 Å². The van der Waals surface area contributed by atoms with E-state index in [1.807, 2.05) is 30.3 Å². The van der Waals surface area contributed by atoms with E-state index in [2.05, 4.69) is 26.3 Å². The first-order valence-electron chi connectivity index (χ1n) is 8.38. The molecule has 2 aromatic carbocycles. The Morgan fingerprint density at radius 1 is 1.26 bits per heavy atom. The Morgan fingerprint density at radius 3 is 2.67 bits per heavy atom. The predicted molar refractivity (Wildman–Crippen MR) is 110 cm³/mol. The minimum Gasteiger partial charge on any atom is -0.496 e. The largest absolute Gasteiger partial charge is 0.496 e. The zero-order valence-electron chi connectivity index (χ0n) is 15.0. The number of nitrogens with one attached hydrogen (secondary N) is 1. The fourth-order valence-corrected chi connectivity index (χ4v) is 3.47. The van der Waals surface area contributed by atoms with Crippen LogP contribution in [0.3, 0.4) is 0 Å². The number of hydrogen-bond donors (Lipinski definition) is 1. The quantitative estimate of drug-likeness (QED) is 0.605. The van der Waals surface area contributed by atoms with E-state index in [1.165, 1.54) is 0 Å². The maximum atomic E-state index is 12.7. The summed E-state index contributed by atoms with van der Waals surface area (Å²) in [6.07, 6.45) is 2.44. The van der Waals surface area contributed by atoms with Gasteiger partial charge in [-0.25, -0.2) is 0 Å². The fourth-order valence-electron chi connectivity index (χ4n) is 2.76. The Morgan fingerprint density at radius 2 is 2.00 bits per heavy atom. The number of carbonyl (C=O) groups is 1. The molecule has 1 heterocycles. The number of aryl methyl sites for hydroxylation is 1. The molecule has 0 fully saturated rings. The molecule has 0 radical (unpaired) electrons. The fraction of sp³-hybridized carbons (Fsp3) is 0.200. The van der Waals surface area contributed by atoms with Crippen LogP contribution in [-0.2, 0) is 13.5 Å². The monoisotopic (exact) mass is 447 g/mol. The van der Waals surface area contributed by atoms with Crippen molar-refractivity contribution in [2.75, 3.05) is 13.7 Å². The molecule has 140 valence electrons. The molecular weight excluding hydrogens is 430 g/mol. The molecule has 0 spiro atoms. The van der Waals surface area contributed by atoms with Crippen molar-refractivity contribution in [3.05, 3.63) is 69.3 Å². The number of aromatic nitrogens is 2. The van der Waals surface area contributed by atoms with Gasteiger partial charge in [-0.3, -0.25) is 9.48 Å². The summed E-state index contributed by atoms with van der Waals surface area (Å²) in [5, 5.41) is 8.03. The number of rotatable bonds is 6. The maximum Gasteiger partial charge on any atom is 0.255 e. The van der Waals surface area contributed by atoms with Crippen LogP contribution in [0.1, 0.15) is 15.9 Å². The van der Waals surface area contributed by atoms with Crippen LogP contribution in [0.4, 0.5) is 0 Å². The molecule has 0 saturated heterocycles. The van der Waals surface area contributed by atoms with Gasteiger partial charge >= 0.3 is 0 Å². The second kappa shape index (κ2) is 8.59. The minimum absolute atomic E-state index is 0.152. The average Bonchev–Trinajstić information content (AvgIpc) is 3.04. The molecule has 1 N–H and O–H groups in total. The van der Waals surface area contributed by atoms with Gasteiger partial charge in [0.2, 0.25) is 0 Å². The topological polar surface area (TPSA) is 56.1 Å². The van der Waals surface area contributed by atoms with Crippen LogP contribution in [0.5, 0.6) is 5.75 Å². The number of methoxy groups -OCH3 is 1. The molecule has 3 rings (SSSR count). The van der Waals surface area contributed by atoms with E-state index >= 15 is 0 Å². The third-order valence-electron chi connectivity index (χ3n) is 4.11. The van der Waals surface area contributed by atoms with Crippen molar-refractivity contribution in [1.82, 2.24) is 15.1 Å². The van der Waals surface area contributed by atoms with Crippen LogP contribution in [0.15, 0.2) is 53.1 Å². The molecule has 7 heteroatoms. The molecule has 0 bridgehead atoms. The molecular formula is C20H19BrClN3O2. The Bertz CT molecular complexity index is 954. The molecule has 1 aromatic heterocycles. The average molecular weight is 449 g/mol. The number of benzene rings is 2. The zero-order chi connectivity index (χ0) is 19.4. The van der Waals surface area contributed by atoms with E-state index < -0.39 is 0 Å². The first-order valence-corrected chi connectivity index (χ1v) is 9.55. The van der Waals surface area contributed by atoms with Crippen molar-refractivity contribution in [2.45, 2.75) is 6.42 Å². The highest BCUT2D eigenvalue weighted by atomic mass is 79.9. The van der Waals surface area contributed by atoms with Crippen LogP contribution in [0.25, 0.3) is 11.3 Å². The molecule has 0 atom stereocenters. The van der Waals surface area contributed by atoms with Crippen molar-refractivity contribution in [3.63, 3.8) is 0 Å². The van der Waals surface area contributed by atoms with Gasteiger partial charge < -0.3 is 10.1 Å². The Balaban J connectivity index is 1.68. The molecule has 0 aliphatic carbocycles. The summed E-state index contributed by atoms with van der Waals surface area (Å²) in [7, 11) is 3.43. The lowest BCUT2D eigenvalue weighted by Crippen LogP contribution is -2.25. The first kappa shape index (κ1) is 19.5. The molecule has 0 unspecified atom stereocenters. The lowest BCUT2D eigenvalue weighted by atomic mass is 10.1. The standard InChI is InChI=1S/C20H19BrClN3O2/c1-25-12-16(19(24-25)14-4-6-15(22)7-5-14)20(26)23-10-9-13-3-8-18(27-2)17(21)11-13/h3-8,11-12H,9-10H2,1-2H3,(H,23,26). The lowest BCUT2D eigenvalue weighted by molar-refractivity contribution is 0.0954. The Hall–Kier alpha value is -2.31. The van der Waals surface area contributed by atoms with Gasteiger partial charge in [-0.1, -0.05) is 29.8 Å². The summed E-state index contributed by atoms with van der Waals surface area (Å²) in [5.74, 6) is 0.631. The molecule has 0 saturated carbocycles. The normalized spacial score (nSPS) is 10.7. The number of nitrogens with zero attached hydrogens (tertiary/aromatic N) is 2. The second-order valence-electron chi connectivity index (χ2n) is 6.05. The van der Waals surface area contributed by atoms with Crippen molar-refractivity contribution in [2.24, 2.45) is 7.05 Å².